The molecular formula is C13H17IO. The highest BCUT2D eigenvalue weighted by Crippen LogP contribution is 2.37. The van der Waals surface area contributed by atoms with Gasteiger partial charge in [-0.3, -0.25) is 0 Å². The van der Waals surface area contributed by atoms with Gasteiger partial charge in [-0.25, -0.2) is 0 Å². The average Bonchev–Trinajstić information content (AvgIpc) is 2.51. The quantitative estimate of drug-likeness (QED) is 0.829. The molecule has 1 aliphatic carbocycles. The molecule has 82 valence electrons. The van der Waals surface area contributed by atoms with Crippen LogP contribution in [0.25, 0.3) is 0 Å². The standard InChI is InChI=1S/C13H17IO/c1-10-3-2-8-13(10,15)9-11-4-6-12(14)7-5-11/h4-7,10,15H,2-3,8-9H2,1H3. The van der Waals surface area contributed by atoms with Crippen LogP contribution in [0.15, 0.2) is 24.3 Å². The zero-order valence-electron chi connectivity index (χ0n) is 9.04. The van der Waals surface area contributed by atoms with Gasteiger partial charge in [-0.1, -0.05) is 25.5 Å². The lowest BCUT2D eigenvalue weighted by atomic mass is 9.86. The maximum atomic E-state index is 10.5. The minimum atomic E-state index is -0.452. The third-order valence-corrected chi connectivity index (χ3v) is 4.31. The second kappa shape index (κ2) is 4.42. The molecule has 1 fully saturated rings. The van der Waals surface area contributed by atoms with Crippen LogP contribution >= 0.6 is 22.6 Å². The Morgan fingerprint density at radius 3 is 2.60 bits per heavy atom. The van der Waals surface area contributed by atoms with Crippen LogP contribution in [0.4, 0.5) is 0 Å². The Kier molecular flexibility index (Phi) is 3.36. The van der Waals surface area contributed by atoms with E-state index < -0.39 is 5.60 Å². The molecule has 15 heavy (non-hydrogen) atoms. The highest BCUT2D eigenvalue weighted by molar-refractivity contribution is 14.1. The zero-order chi connectivity index (χ0) is 10.9. The number of halogens is 1. The summed E-state index contributed by atoms with van der Waals surface area (Å²) in [5.74, 6) is 0.441. The maximum Gasteiger partial charge on any atom is 0.0713 e. The van der Waals surface area contributed by atoms with Crippen LogP contribution in [0.1, 0.15) is 31.7 Å². The molecule has 1 aliphatic rings. The van der Waals surface area contributed by atoms with E-state index in [2.05, 4.69) is 53.8 Å². The van der Waals surface area contributed by atoms with Crippen molar-refractivity contribution in [1.29, 1.82) is 0 Å². The summed E-state index contributed by atoms with van der Waals surface area (Å²) in [5.41, 5.74) is 0.805. The van der Waals surface area contributed by atoms with E-state index in [-0.39, 0.29) is 0 Å². The molecule has 0 amide bonds. The Morgan fingerprint density at radius 1 is 1.40 bits per heavy atom. The second-order valence-corrected chi connectivity index (χ2v) is 5.95. The van der Waals surface area contributed by atoms with Crippen molar-refractivity contribution in [3.63, 3.8) is 0 Å². The van der Waals surface area contributed by atoms with E-state index in [1.54, 1.807) is 0 Å². The zero-order valence-corrected chi connectivity index (χ0v) is 11.2. The van der Waals surface area contributed by atoms with Gasteiger partial charge >= 0.3 is 0 Å². The molecule has 1 aromatic carbocycles. The highest BCUT2D eigenvalue weighted by Gasteiger charge is 2.37. The van der Waals surface area contributed by atoms with Gasteiger partial charge in [0, 0.05) is 9.99 Å². The van der Waals surface area contributed by atoms with E-state index in [1.807, 2.05) is 0 Å². The van der Waals surface area contributed by atoms with Crippen molar-refractivity contribution < 1.29 is 5.11 Å². The molecule has 1 N–H and O–H groups in total. The first kappa shape index (κ1) is 11.4. The summed E-state index contributed by atoms with van der Waals surface area (Å²) in [4.78, 5) is 0. The molecule has 0 aliphatic heterocycles. The predicted octanol–water partition coefficient (Wildman–Crippen LogP) is 3.38. The van der Waals surface area contributed by atoms with Crippen molar-refractivity contribution in [3.8, 4) is 0 Å². The maximum absolute atomic E-state index is 10.5. The number of aliphatic hydroxyl groups is 1. The van der Waals surface area contributed by atoms with Gasteiger partial charge in [-0.15, -0.1) is 0 Å². The number of hydrogen-bond donors (Lipinski definition) is 1. The minimum absolute atomic E-state index is 0.441. The van der Waals surface area contributed by atoms with Crippen molar-refractivity contribution in [2.75, 3.05) is 0 Å². The number of hydrogen-bond acceptors (Lipinski definition) is 1. The predicted molar refractivity (Wildman–Crippen MR) is 70.8 cm³/mol. The number of benzene rings is 1. The molecule has 0 bridgehead atoms. The van der Waals surface area contributed by atoms with Gasteiger partial charge in [-0.2, -0.15) is 0 Å². The van der Waals surface area contributed by atoms with Gasteiger partial charge in [0.2, 0.25) is 0 Å². The smallest absolute Gasteiger partial charge is 0.0713 e. The van der Waals surface area contributed by atoms with Crippen LogP contribution in [-0.2, 0) is 6.42 Å². The monoisotopic (exact) mass is 316 g/mol. The van der Waals surface area contributed by atoms with E-state index in [4.69, 9.17) is 0 Å². The van der Waals surface area contributed by atoms with Gasteiger partial charge in [0.25, 0.3) is 0 Å². The molecule has 1 aromatic rings. The van der Waals surface area contributed by atoms with E-state index in [0.29, 0.717) is 5.92 Å². The molecule has 0 saturated heterocycles. The van der Waals surface area contributed by atoms with E-state index in [9.17, 15) is 5.11 Å². The van der Waals surface area contributed by atoms with Gasteiger partial charge in [-0.05, 0) is 59.0 Å². The summed E-state index contributed by atoms with van der Waals surface area (Å²) < 4.78 is 1.25. The average molecular weight is 316 g/mol. The van der Waals surface area contributed by atoms with Crippen LogP contribution < -0.4 is 0 Å². The Balaban J connectivity index is 2.11. The summed E-state index contributed by atoms with van der Waals surface area (Å²) in [6.45, 7) is 2.17. The highest BCUT2D eigenvalue weighted by atomic mass is 127. The first-order valence-electron chi connectivity index (χ1n) is 5.57. The topological polar surface area (TPSA) is 20.2 Å². The number of rotatable bonds is 2. The third-order valence-electron chi connectivity index (χ3n) is 3.59. The molecule has 2 heteroatoms. The van der Waals surface area contributed by atoms with Gasteiger partial charge < -0.3 is 5.11 Å². The first-order chi connectivity index (χ1) is 7.10. The Labute approximate surface area is 105 Å². The van der Waals surface area contributed by atoms with Crippen LogP contribution in [0.5, 0.6) is 0 Å². The largest absolute Gasteiger partial charge is 0.389 e. The van der Waals surface area contributed by atoms with Crippen molar-refractivity contribution in [3.05, 3.63) is 33.4 Å². The lowest BCUT2D eigenvalue weighted by molar-refractivity contribution is 0.00959. The minimum Gasteiger partial charge on any atom is -0.389 e. The molecule has 0 radical (unpaired) electrons. The third kappa shape index (κ3) is 2.53. The molecule has 0 heterocycles. The first-order valence-corrected chi connectivity index (χ1v) is 6.65. The lowest BCUT2D eigenvalue weighted by Gasteiger charge is -2.27. The molecule has 2 unspecified atom stereocenters. The van der Waals surface area contributed by atoms with Gasteiger partial charge in [0.05, 0.1) is 5.60 Å². The van der Waals surface area contributed by atoms with Crippen molar-refractivity contribution in [2.24, 2.45) is 5.92 Å². The van der Waals surface area contributed by atoms with Gasteiger partial charge in [0.1, 0.15) is 0 Å². The molecule has 1 nitrogen and oxygen atoms in total. The lowest BCUT2D eigenvalue weighted by Crippen LogP contribution is -2.34. The molecule has 2 atom stereocenters. The summed E-state index contributed by atoms with van der Waals surface area (Å²) in [6.07, 6.45) is 4.11. The van der Waals surface area contributed by atoms with Crippen LogP contribution in [0.3, 0.4) is 0 Å². The normalized spacial score (nSPS) is 30.7. The molecule has 2 rings (SSSR count). The fraction of sp³-hybridized carbons (Fsp3) is 0.538. The SMILES string of the molecule is CC1CCCC1(O)Cc1ccc(I)cc1. The summed E-state index contributed by atoms with van der Waals surface area (Å²) in [7, 11) is 0. The summed E-state index contributed by atoms with van der Waals surface area (Å²) in [5, 5.41) is 10.5. The summed E-state index contributed by atoms with van der Waals surface area (Å²) in [6, 6.07) is 8.48. The van der Waals surface area contributed by atoms with Crippen molar-refractivity contribution >= 4 is 22.6 Å². The molecular weight excluding hydrogens is 299 g/mol. The molecule has 0 spiro atoms. The van der Waals surface area contributed by atoms with Crippen LogP contribution in [-0.4, -0.2) is 10.7 Å². The molecule has 1 saturated carbocycles. The van der Waals surface area contributed by atoms with E-state index >= 15 is 0 Å². The summed E-state index contributed by atoms with van der Waals surface area (Å²) >= 11 is 2.31. The Hall–Kier alpha value is -0.0900. The Morgan fingerprint density at radius 2 is 2.07 bits per heavy atom. The van der Waals surface area contributed by atoms with Crippen LogP contribution in [0.2, 0.25) is 0 Å². The second-order valence-electron chi connectivity index (χ2n) is 4.70. The fourth-order valence-corrected chi connectivity index (χ4v) is 2.81. The van der Waals surface area contributed by atoms with Crippen molar-refractivity contribution in [2.45, 2.75) is 38.2 Å². The van der Waals surface area contributed by atoms with Crippen molar-refractivity contribution in [1.82, 2.24) is 0 Å². The van der Waals surface area contributed by atoms with E-state index in [0.717, 1.165) is 12.8 Å². The Bertz CT molecular complexity index is 333. The fourth-order valence-electron chi connectivity index (χ4n) is 2.45. The van der Waals surface area contributed by atoms with Gasteiger partial charge in [0.15, 0.2) is 0 Å². The van der Waals surface area contributed by atoms with Crippen LogP contribution in [0, 0.1) is 9.49 Å². The van der Waals surface area contributed by atoms with E-state index in [1.165, 1.54) is 22.0 Å². The molecule has 0 aromatic heterocycles.